The van der Waals surface area contributed by atoms with Gasteiger partial charge in [0.15, 0.2) is 0 Å². The molecule has 2 rings (SSSR count). The Morgan fingerprint density at radius 2 is 2.22 bits per heavy atom. The zero-order valence-corrected chi connectivity index (χ0v) is 12.0. The van der Waals surface area contributed by atoms with E-state index < -0.39 is 0 Å². The third-order valence-corrected chi connectivity index (χ3v) is 4.60. The summed E-state index contributed by atoms with van der Waals surface area (Å²) in [5.74, 6) is 1.14. The zero-order valence-electron chi connectivity index (χ0n) is 11.2. The van der Waals surface area contributed by atoms with Crippen LogP contribution in [0.5, 0.6) is 0 Å². The fraction of sp³-hybridized carbons (Fsp3) is 0.500. The van der Waals surface area contributed by atoms with Crippen LogP contribution in [-0.4, -0.2) is 18.2 Å². The van der Waals surface area contributed by atoms with Crippen LogP contribution in [0.2, 0.25) is 0 Å². The summed E-state index contributed by atoms with van der Waals surface area (Å²) in [6.07, 6.45) is 0.840. The maximum Gasteiger partial charge on any atom is 0.232 e. The minimum absolute atomic E-state index is 0.192. The Morgan fingerprint density at radius 1 is 1.50 bits per heavy atom. The lowest BCUT2D eigenvalue weighted by atomic mass is 9.88. The van der Waals surface area contributed by atoms with Crippen molar-refractivity contribution in [2.45, 2.75) is 32.1 Å². The van der Waals surface area contributed by atoms with Crippen molar-refractivity contribution >= 4 is 29.0 Å². The van der Waals surface area contributed by atoms with Crippen LogP contribution >= 0.6 is 11.8 Å². The van der Waals surface area contributed by atoms with Crippen molar-refractivity contribution in [3.63, 3.8) is 0 Å². The quantitative estimate of drug-likeness (QED) is 0.835. The topological polar surface area (TPSA) is 46.3 Å². The standard InChI is InChI=1S/C14H20N2OS/c1-4-14(2,3)13(17)16-7-8-18-12-6-5-10(15)9-11(12)16/h5-6,9H,4,7-8,15H2,1-3H3. The lowest BCUT2D eigenvalue weighted by Gasteiger charge is -2.35. The molecule has 0 spiro atoms. The number of rotatable bonds is 2. The molecule has 0 aliphatic carbocycles. The number of carbonyl (C=O) groups is 1. The molecule has 1 aliphatic rings. The molecule has 0 saturated carbocycles. The van der Waals surface area contributed by atoms with Crippen LogP contribution in [0.25, 0.3) is 0 Å². The predicted molar refractivity (Wildman–Crippen MR) is 78.0 cm³/mol. The molecule has 1 aliphatic heterocycles. The van der Waals surface area contributed by atoms with E-state index in [9.17, 15) is 4.79 Å². The molecule has 0 atom stereocenters. The number of hydrogen-bond donors (Lipinski definition) is 1. The molecule has 0 aromatic heterocycles. The SMILES string of the molecule is CCC(C)(C)C(=O)N1CCSc2ccc(N)cc21. The fourth-order valence-corrected chi connectivity index (χ4v) is 2.94. The van der Waals surface area contributed by atoms with E-state index in [2.05, 4.69) is 6.92 Å². The Kier molecular flexibility index (Phi) is 3.57. The van der Waals surface area contributed by atoms with Crippen molar-refractivity contribution in [1.82, 2.24) is 0 Å². The van der Waals surface area contributed by atoms with Crippen molar-refractivity contribution in [2.24, 2.45) is 5.41 Å². The number of hydrogen-bond acceptors (Lipinski definition) is 3. The van der Waals surface area contributed by atoms with Crippen molar-refractivity contribution in [3.05, 3.63) is 18.2 Å². The van der Waals surface area contributed by atoms with Crippen molar-refractivity contribution in [1.29, 1.82) is 0 Å². The number of carbonyl (C=O) groups excluding carboxylic acids is 1. The summed E-state index contributed by atoms with van der Waals surface area (Å²) in [6.45, 7) is 6.83. The first-order valence-electron chi connectivity index (χ1n) is 6.30. The summed E-state index contributed by atoms with van der Waals surface area (Å²) in [5.41, 5.74) is 7.20. The van der Waals surface area contributed by atoms with Gasteiger partial charge in [-0.05, 0) is 24.6 Å². The van der Waals surface area contributed by atoms with Gasteiger partial charge in [-0.15, -0.1) is 11.8 Å². The highest BCUT2D eigenvalue weighted by Gasteiger charge is 2.33. The van der Waals surface area contributed by atoms with Gasteiger partial charge in [-0.1, -0.05) is 20.8 Å². The van der Waals surface area contributed by atoms with Gasteiger partial charge in [-0.3, -0.25) is 4.79 Å². The normalized spacial score (nSPS) is 15.4. The summed E-state index contributed by atoms with van der Waals surface area (Å²) in [7, 11) is 0. The van der Waals surface area contributed by atoms with E-state index in [0.29, 0.717) is 5.69 Å². The van der Waals surface area contributed by atoms with Crippen LogP contribution in [0.4, 0.5) is 11.4 Å². The number of fused-ring (bicyclic) bond motifs is 1. The molecule has 18 heavy (non-hydrogen) atoms. The van der Waals surface area contributed by atoms with Crippen molar-refractivity contribution < 1.29 is 4.79 Å². The molecule has 0 fully saturated rings. The molecule has 4 heteroatoms. The van der Waals surface area contributed by atoms with E-state index in [1.807, 2.05) is 36.9 Å². The van der Waals surface area contributed by atoms with Gasteiger partial charge in [-0.2, -0.15) is 0 Å². The second-order valence-electron chi connectivity index (χ2n) is 5.27. The third kappa shape index (κ3) is 2.34. The molecule has 1 amide bonds. The van der Waals surface area contributed by atoms with E-state index in [4.69, 9.17) is 5.73 Å². The second-order valence-corrected chi connectivity index (χ2v) is 6.41. The number of thioether (sulfide) groups is 1. The highest BCUT2D eigenvalue weighted by molar-refractivity contribution is 7.99. The minimum atomic E-state index is -0.316. The molecule has 0 bridgehead atoms. The van der Waals surface area contributed by atoms with E-state index >= 15 is 0 Å². The third-order valence-electron chi connectivity index (χ3n) is 3.55. The van der Waals surface area contributed by atoms with Crippen LogP contribution in [0.15, 0.2) is 23.1 Å². The maximum atomic E-state index is 12.6. The molecule has 1 aromatic rings. The zero-order chi connectivity index (χ0) is 13.3. The van der Waals surface area contributed by atoms with Crippen molar-refractivity contribution in [2.75, 3.05) is 22.9 Å². The molecule has 1 heterocycles. The van der Waals surface area contributed by atoms with Crippen LogP contribution < -0.4 is 10.6 Å². The molecule has 2 N–H and O–H groups in total. The van der Waals surface area contributed by atoms with Gasteiger partial charge in [0.05, 0.1) is 5.69 Å². The molecule has 0 radical (unpaired) electrons. The number of nitrogen functional groups attached to an aromatic ring is 1. The molecule has 0 unspecified atom stereocenters. The summed E-state index contributed by atoms with van der Waals surface area (Å²) < 4.78 is 0. The van der Waals surface area contributed by atoms with Gasteiger partial charge < -0.3 is 10.6 Å². The van der Waals surface area contributed by atoms with E-state index in [0.717, 1.165) is 29.3 Å². The van der Waals surface area contributed by atoms with Gasteiger partial charge >= 0.3 is 0 Å². The first kappa shape index (κ1) is 13.3. The van der Waals surface area contributed by atoms with Crippen LogP contribution in [-0.2, 0) is 4.79 Å². The van der Waals surface area contributed by atoms with E-state index in [-0.39, 0.29) is 11.3 Å². The molecular weight excluding hydrogens is 244 g/mol. The van der Waals surface area contributed by atoms with Gasteiger partial charge in [0.25, 0.3) is 0 Å². The monoisotopic (exact) mass is 264 g/mol. The Bertz CT molecular complexity index is 471. The highest BCUT2D eigenvalue weighted by atomic mass is 32.2. The van der Waals surface area contributed by atoms with Gasteiger partial charge in [0.1, 0.15) is 0 Å². The number of nitrogens with zero attached hydrogens (tertiary/aromatic N) is 1. The number of nitrogens with two attached hydrogens (primary N) is 1. The lowest BCUT2D eigenvalue weighted by molar-refractivity contribution is -0.126. The number of amides is 1. The average molecular weight is 264 g/mol. The first-order chi connectivity index (χ1) is 8.45. The Morgan fingerprint density at radius 3 is 2.89 bits per heavy atom. The van der Waals surface area contributed by atoms with Gasteiger partial charge in [0.2, 0.25) is 5.91 Å². The summed E-state index contributed by atoms with van der Waals surface area (Å²) in [6, 6.07) is 5.81. The lowest BCUT2D eigenvalue weighted by Crippen LogP contribution is -2.43. The Balaban J connectivity index is 2.38. The Hall–Kier alpha value is -1.16. The fourth-order valence-electron chi connectivity index (χ4n) is 1.96. The van der Waals surface area contributed by atoms with E-state index in [1.54, 1.807) is 11.8 Å². The second kappa shape index (κ2) is 4.84. The van der Waals surface area contributed by atoms with Crippen LogP contribution in [0.3, 0.4) is 0 Å². The van der Waals surface area contributed by atoms with Crippen molar-refractivity contribution in [3.8, 4) is 0 Å². The summed E-state index contributed by atoms with van der Waals surface area (Å²) >= 11 is 1.79. The molecule has 98 valence electrons. The minimum Gasteiger partial charge on any atom is -0.399 e. The maximum absolute atomic E-state index is 12.6. The molecular formula is C14H20N2OS. The highest BCUT2D eigenvalue weighted by Crippen LogP contribution is 2.38. The summed E-state index contributed by atoms with van der Waals surface area (Å²) in [4.78, 5) is 15.6. The summed E-state index contributed by atoms with van der Waals surface area (Å²) in [5, 5.41) is 0. The molecule has 1 aromatic carbocycles. The molecule has 0 saturated heterocycles. The van der Waals surface area contributed by atoms with Gasteiger partial charge in [0, 0.05) is 28.3 Å². The van der Waals surface area contributed by atoms with E-state index in [1.165, 1.54) is 0 Å². The van der Waals surface area contributed by atoms with Gasteiger partial charge in [-0.25, -0.2) is 0 Å². The molecule has 3 nitrogen and oxygen atoms in total. The van der Waals surface area contributed by atoms with Crippen LogP contribution in [0, 0.1) is 5.41 Å². The number of benzene rings is 1. The Labute approximate surface area is 113 Å². The predicted octanol–water partition coefficient (Wildman–Crippen LogP) is 3.14. The average Bonchev–Trinajstić information content (AvgIpc) is 2.37. The smallest absolute Gasteiger partial charge is 0.232 e. The van der Waals surface area contributed by atoms with Crippen LogP contribution in [0.1, 0.15) is 27.2 Å². The first-order valence-corrected chi connectivity index (χ1v) is 7.28. The number of anilines is 2. The largest absolute Gasteiger partial charge is 0.399 e.